The minimum Gasteiger partial charge on any atom is -0.486 e. The number of rotatable bonds is 3. The zero-order chi connectivity index (χ0) is 14.9. The summed E-state index contributed by atoms with van der Waals surface area (Å²) in [6.45, 7) is 6.18. The zero-order valence-electron chi connectivity index (χ0n) is 12.9. The van der Waals surface area contributed by atoms with Crippen molar-refractivity contribution in [3.05, 3.63) is 17.7 Å². The monoisotopic (exact) mass is 292 g/mol. The molecule has 2 heterocycles. The molecule has 1 aromatic carbocycles. The van der Waals surface area contributed by atoms with Crippen molar-refractivity contribution in [1.29, 1.82) is 0 Å². The Morgan fingerprint density at radius 2 is 2.00 bits per heavy atom. The lowest BCUT2D eigenvalue weighted by Crippen LogP contribution is -2.46. The van der Waals surface area contributed by atoms with Gasteiger partial charge in [-0.05, 0) is 37.9 Å². The van der Waals surface area contributed by atoms with E-state index in [4.69, 9.17) is 19.9 Å². The third kappa shape index (κ3) is 3.09. The number of ether oxygens (including phenoxy) is 3. The van der Waals surface area contributed by atoms with E-state index in [9.17, 15) is 0 Å². The average Bonchev–Trinajstić information content (AvgIpc) is 2.48. The highest BCUT2D eigenvalue weighted by Gasteiger charge is 2.31. The molecule has 2 aliphatic rings. The molecule has 0 saturated carbocycles. The van der Waals surface area contributed by atoms with Crippen molar-refractivity contribution in [1.82, 2.24) is 4.90 Å². The van der Waals surface area contributed by atoms with E-state index in [0.717, 1.165) is 55.2 Å². The van der Waals surface area contributed by atoms with Gasteiger partial charge in [0.25, 0.3) is 0 Å². The molecule has 0 amide bonds. The van der Waals surface area contributed by atoms with E-state index in [1.165, 1.54) is 0 Å². The van der Waals surface area contributed by atoms with Gasteiger partial charge in [-0.1, -0.05) is 0 Å². The van der Waals surface area contributed by atoms with Crippen LogP contribution in [-0.4, -0.2) is 43.9 Å². The molecule has 2 aliphatic heterocycles. The number of piperidine rings is 1. The van der Waals surface area contributed by atoms with Gasteiger partial charge in [0.15, 0.2) is 11.5 Å². The second-order valence-electron chi connectivity index (χ2n) is 6.16. The van der Waals surface area contributed by atoms with Gasteiger partial charge in [0.1, 0.15) is 13.2 Å². The van der Waals surface area contributed by atoms with Crippen molar-refractivity contribution in [3.63, 3.8) is 0 Å². The molecule has 1 saturated heterocycles. The summed E-state index contributed by atoms with van der Waals surface area (Å²) in [5.74, 6) is 1.56. The smallest absolute Gasteiger partial charge is 0.163 e. The Morgan fingerprint density at radius 1 is 1.29 bits per heavy atom. The van der Waals surface area contributed by atoms with Crippen LogP contribution in [0.5, 0.6) is 11.5 Å². The highest BCUT2D eigenvalue weighted by Crippen LogP contribution is 2.35. The number of nitrogens with two attached hydrogens (primary N) is 1. The highest BCUT2D eigenvalue weighted by atomic mass is 16.6. The van der Waals surface area contributed by atoms with Crippen LogP contribution in [0.1, 0.15) is 25.3 Å². The molecule has 1 aromatic rings. The Bertz CT molecular complexity index is 520. The number of hydrogen-bond donors (Lipinski definition) is 1. The molecule has 2 N–H and O–H groups in total. The predicted molar refractivity (Wildman–Crippen MR) is 81.8 cm³/mol. The summed E-state index contributed by atoms with van der Waals surface area (Å²) in [6.07, 6.45) is 2.26. The minimum atomic E-state index is -0.0547. The van der Waals surface area contributed by atoms with Gasteiger partial charge in [-0.2, -0.15) is 0 Å². The van der Waals surface area contributed by atoms with Crippen molar-refractivity contribution in [2.24, 2.45) is 0 Å². The maximum absolute atomic E-state index is 6.17. The van der Waals surface area contributed by atoms with E-state index in [-0.39, 0.29) is 5.60 Å². The third-order valence-corrected chi connectivity index (χ3v) is 4.43. The van der Waals surface area contributed by atoms with Gasteiger partial charge in [0.2, 0.25) is 0 Å². The van der Waals surface area contributed by atoms with E-state index >= 15 is 0 Å². The third-order valence-electron chi connectivity index (χ3n) is 4.43. The average molecular weight is 292 g/mol. The summed E-state index contributed by atoms with van der Waals surface area (Å²) >= 11 is 0. The van der Waals surface area contributed by atoms with Gasteiger partial charge < -0.3 is 19.9 Å². The molecule has 0 bridgehead atoms. The highest BCUT2D eigenvalue weighted by molar-refractivity contribution is 5.58. The van der Waals surface area contributed by atoms with E-state index in [0.29, 0.717) is 13.2 Å². The van der Waals surface area contributed by atoms with Crippen LogP contribution in [0.2, 0.25) is 0 Å². The normalized spacial score (nSPS) is 25.8. The van der Waals surface area contributed by atoms with Crippen LogP contribution < -0.4 is 15.2 Å². The molecule has 1 fully saturated rings. The second kappa shape index (κ2) is 5.73. The van der Waals surface area contributed by atoms with Gasteiger partial charge in [-0.25, -0.2) is 0 Å². The van der Waals surface area contributed by atoms with Gasteiger partial charge in [-0.3, -0.25) is 4.90 Å². The van der Waals surface area contributed by atoms with Gasteiger partial charge in [-0.15, -0.1) is 0 Å². The molecular formula is C16H24N2O3. The van der Waals surface area contributed by atoms with E-state index in [2.05, 4.69) is 11.8 Å². The van der Waals surface area contributed by atoms with E-state index in [1.54, 1.807) is 7.11 Å². The van der Waals surface area contributed by atoms with Crippen molar-refractivity contribution in [2.75, 3.05) is 39.1 Å². The quantitative estimate of drug-likeness (QED) is 0.864. The van der Waals surface area contributed by atoms with Gasteiger partial charge in [0, 0.05) is 32.0 Å². The lowest BCUT2D eigenvalue weighted by molar-refractivity contribution is -0.0526. The molecule has 0 aliphatic carbocycles. The SMILES string of the molecule is COC1(C)CCCN(Cc2cc3c(cc2N)OCCO3)C1. The van der Waals surface area contributed by atoms with Gasteiger partial charge in [0.05, 0.1) is 5.60 Å². The van der Waals surface area contributed by atoms with Crippen molar-refractivity contribution in [3.8, 4) is 11.5 Å². The second-order valence-corrected chi connectivity index (χ2v) is 6.16. The lowest BCUT2D eigenvalue weighted by Gasteiger charge is -2.39. The first-order chi connectivity index (χ1) is 10.1. The summed E-state index contributed by atoms with van der Waals surface area (Å²) in [7, 11) is 1.79. The van der Waals surface area contributed by atoms with Crippen LogP contribution in [0.15, 0.2) is 12.1 Å². The van der Waals surface area contributed by atoms with Crippen molar-refractivity contribution < 1.29 is 14.2 Å². The van der Waals surface area contributed by atoms with Crippen LogP contribution in [0.3, 0.4) is 0 Å². The molecule has 21 heavy (non-hydrogen) atoms. The van der Waals surface area contributed by atoms with Gasteiger partial charge >= 0.3 is 0 Å². The minimum absolute atomic E-state index is 0.0547. The molecule has 5 nitrogen and oxygen atoms in total. The fourth-order valence-corrected chi connectivity index (χ4v) is 3.13. The number of likely N-dealkylation sites (tertiary alicyclic amines) is 1. The molecule has 5 heteroatoms. The molecule has 0 radical (unpaired) electrons. The van der Waals surface area contributed by atoms with Crippen LogP contribution in [-0.2, 0) is 11.3 Å². The molecule has 1 unspecified atom stereocenters. The van der Waals surface area contributed by atoms with Crippen LogP contribution in [0.4, 0.5) is 5.69 Å². The van der Waals surface area contributed by atoms with Crippen LogP contribution >= 0.6 is 0 Å². The van der Waals surface area contributed by atoms with Crippen molar-refractivity contribution in [2.45, 2.75) is 31.9 Å². The Morgan fingerprint density at radius 3 is 2.71 bits per heavy atom. The van der Waals surface area contributed by atoms with E-state index in [1.807, 2.05) is 12.1 Å². The van der Waals surface area contributed by atoms with Crippen LogP contribution in [0, 0.1) is 0 Å². The Kier molecular flexibility index (Phi) is 3.95. The molecule has 0 spiro atoms. The predicted octanol–water partition coefficient (Wildman–Crippen LogP) is 2.04. The fraction of sp³-hybridized carbons (Fsp3) is 0.625. The van der Waals surface area contributed by atoms with Crippen LogP contribution in [0.25, 0.3) is 0 Å². The first-order valence-electron chi connectivity index (χ1n) is 7.55. The molecule has 3 rings (SSSR count). The Balaban J connectivity index is 1.75. The van der Waals surface area contributed by atoms with Crippen molar-refractivity contribution >= 4 is 5.69 Å². The molecule has 1 atom stereocenters. The first kappa shape index (κ1) is 14.5. The van der Waals surface area contributed by atoms with E-state index < -0.39 is 0 Å². The zero-order valence-corrected chi connectivity index (χ0v) is 12.9. The number of benzene rings is 1. The number of methoxy groups -OCH3 is 1. The first-order valence-corrected chi connectivity index (χ1v) is 7.55. The molecule has 0 aromatic heterocycles. The number of hydrogen-bond acceptors (Lipinski definition) is 5. The summed E-state index contributed by atoms with van der Waals surface area (Å²) in [5, 5.41) is 0. The maximum Gasteiger partial charge on any atom is 0.163 e. The Labute approximate surface area is 126 Å². The number of fused-ring (bicyclic) bond motifs is 1. The summed E-state index contributed by atoms with van der Waals surface area (Å²) in [5.41, 5.74) is 7.98. The fourth-order valence-electron chi connectivity index (χ4n) is 3.13. The topological polar surface area (TPSA) is 57.0 Å². The molecule has 116 valence electrons. The summed E-state index contributed by atoms with van der Waals surface area (Å²) < 4.78 is 16.9. The number of anilines is 1. The Hall–Kier alpha value is -1.46. The standard InChI is InChI=1S/C16H24N2O3/c1-16(19-2)4-3-5-18(11-16)10-12-8-14-15(9-13(12)17)21-7-6-20-14/h8-9H,3-7,10-11,17H2,1-2H3. The largest absolute Gasteiger partial charge is 0.486 e. The summed E-state index contributed by atoms with van der Waals surface area (Å²) in [4.78, 5) is 2.40. The number of nitrogens with zero attached hydrogens (tertiary/aromatic N) is 1. The number of nitrogen functional groups attached to an aromatic ring is 1. The lowest BCUT2D eigenvalue weighted by atomic mass is 9.94. The molecular weight excluding hydrogens is 268 g/mol. The maximum atomic E-state index is 6.17. The summed E-state index contributed by atoms with van der Waals surface area (Å²) in [6, 6.07) is 3.89.